The van der Waals surface area contributed by atoms with E-state index in [4.69, 9.17) is 4.74 Å². The minimum Gasteiger partial charge on any atom is -0.466 e. The molecule has 0 radical (unpaired) electrons. The highest BCUT2D eigenvalue weighted by Gasteiger charge is 2.18. The molecule has 1 amide bonds. The molecule has 2 atom stereocenters. The van der Waals surface area contributed by atoms with Crippen LogP contribution >= 0.6 is 0 Å². The topological polar surface area (TPSA) is 95.9 Å². The van der Waals surface area contributed by atoms with Gasteiger partial charge in [-0.2, -0.15) is 0 Å². The fourth-order valence-electron chi connectivity index (χ4n) is 9.64. The fraction of sp³-hybridized carbons (Fsp3) is 0.934. The number of nitrogens with one attached hydrogen (secondary N) is 1. The number of ether oxygens (including phenoxy) is 1. The lowest BCUT2D eigenvalue weighted by molar-refractivity contribution is -0.143. The first-order chi connectivity index (χ1) is 33.0. The zero-order valence-electron chi connectivity index (χ0n) is 45.4. The molecule has 2 unspecified atom stereocenters. The highest BCUT2D eigenvalue weighted by atomic mass is 16.5. The van der Waals surface area contributed by atoms with Crippen molar-refractivity contribution < 1.29 is 24.5 Å². The summed E-state index contributed by atoms with van der Waals surface area (Å²) in [6, 6.07) is -0.634. The summed E-state index contributed by atoms with van der Waals surface area (Å²) < 4.78 is 5.49. The lowest BCUT2D eigenvalue weighted by Crippen LogP contribution is -2.45. The maximum atomic E-state index is 12.5. The molecule has 67 heavy (non-hydrogen) atoms. The quantitative estimate of drug-likeness (QED) is 0.0321. The number of aliphatic hydroxyl groups is 2. The van der Waals surface area contributed by atoms with Gasteiger partial charge in [0.15, 0.2) is 0 Å². The molecule has 3 N–H and O–H groups in total. The van der Waals surface area contributed by atoms with Crippen molar-refractivity contribution in [3.8, 4) is 0 Å². The predicted molar refractivity (Wildman–Crippen MR) is 292 cm³/mol. The molecule has 0 rings (SSSR count). The maximum Gasteiger partial charge on any atom is 0.305 e. The molecule has 398 valence electrons. The van der Waals surface area contributed by atoms with Gasteiger partial charge in [0, 0.05) is 12.8 Å². The van der Waals surface area contributed by atoms with Crippen molar-refractivity contribution in [3.05, 3.63) is 12.2 Å². The highest BCUT2D eigenvalue weighted by molar-refractivity contribution is 5.76. The molecule has 0 saturated heterocycles. The van der Waals surface area contributed by atoms with Gasteiger partial charge in [-0.05, 0) is 32.1 Å². The number of rotatable bonds is 57. The molecule has 0 spiro atoms. The van der Waals surface area contributed by atoms with Crippen molar-refractivity contribution in [1.82, 2.24) is 5.32 Å². The smallest absolute Gasteiger partial charge is 0.305 e. The van der Waals surface area contributed by atoms with E-state index >= 15 is 0 Å². The van der Waals surface area contributed by atoms with Crippen LogP contribution in [0.5, 0.6) is 0 Å². The largest absolute Gasteiger partial charge is 0.466 e. The van der Waals surface area contributed by atoms with Crippen LogP contribution in [-0.2, 0) is 14.3 Å². The third kappa shape index (κ3) is 53.8. The number of carbonyl (C=O) groups is 2. The number of amides is 1. The van der Waals surface area contributed by atoms with Gasteiger partial charge in [0.1, 0.15) is 0 Å². The van der Waals surface area contributed by atoms with E-state index in [1.165, 1.54) is 270 Å². The Bertz CT molecular complexity index is 1000. The Morgan fingerprint density at radius 3 is 1.01 bits per heavy atom. The van der Waals surface area contributed by atoms with Crippen LogP contribution in [0.4, 0.5) is 0 Å². The van der Waals surface area contributed by atoms with Crippen molar-refractivity contribution in [2.24, 2.45) is 0 Å². The van der Waals surface area contributed by atoms with Gasteiger partial charge in [0.25, 0.3) is 0 Å². The number of hydrogen-bond acceptors (Lipinski definition) is 5. The summed E-state index contributed by atoms with van der Waals surface area (Å²) in [5.74, 6) is -0.0688. The van der Waals surface area contributed by atoms with E-state index in [-0.39, 0.29) is 18.5 Å². The molecule has 0 fully saturated rings. The van der Waals surface area contributed by atoms with E-state index in [2.05, 4.69) is 19.2 Å². The first-order valence-electron chi connectivity index (χ1n) is 30.5. The zero-order valence-corrected chi connectivity index (χ0v) is 45.4. The van der Waals surface area contributed by atoms with Gasteiger partial charge in [-0.3, -0.25) is 9.59 Å². The van der Waals surface area contributed by atoms with Crippen LogP contribution in [0, 0.1) is 0 Å². The molecule has 0 bridgehead atoms. The number of unbranched alkanes of at least 4 members (excludes halogenated alkanes) is 46. The molecule has 0 heterocycles. The molecular weight excluding hydrogens is 827 g/mol. The second-order valence-electron chi connectivity index (χ2n) is 21.0. The molecule has 6 nitrogen and oxygen atoms in total. The van der Waals surface area contributed by atoms with Crippen LogP contribution in [0.2, 0.25) is 0 Å². The third-order valence-corrected chi connectivity index (χ3v) is 14.3. The average Bonchev–Trinajstić information content (AvgIpc) is 3.33. The summed E-state index contributed by atoms with van der Waals surface area (Å²) in [4.78, 5) is 24.6. The Morgan fingerprint density at radius 2 is 0.687 bits per heavy atom. The average molecular weight is 947 g/mol. The molecule has 0 aromatic rings. The summed E-state index contributed by atoms with van der Waals surface area (Å²) in [6.07, 6.45) is 68.1. The lowest BCUT2D eigenvalue weighted by Gasteiger charge is -2.20. The molecule has 0 aliphatic carbocycles. The van der Waals surface area contributed by atoms with Crippen LogP contribution < -0.4 is 5.32 Å². The minimum absolute atomic E-state index is 0.00431. The first-order valence-corrected chi connectivity index (χ1v) is 30.5. The van der Waals surface area contributed by atoms with Gasteiger partial charge in [-0.15, -0.1) is 0 Å². The summed E-state index contributed by atoms with van der Waals surface area (Å²) >= 11 is 0. The van der Waals surface area contributed by atoms with Crippen LogP contribution in [-0.4, -0.2) is 47.4 Å². The van der Waals surface area contributed by atoms with E-state index in [0.29, 0.717) is 19.4 Å². The minimum atomic E-state index is -0.850. The second-order valence-corrected chi connectivity index (χ2v) is 21.0. The van der Waals surface area contributed by atoms with Crippen molar-refractivity contribution in [3.63, 3.8) is 0 Å². The monoisotopic (exact) mass is 946 g/mol. The lowest BCUT2D eigenvalue weighted by atomic mass is 10.0. The van der Waals surface area contributed by atoms with Crippen LogP contribution in [0.15, 0.2) is 12.2 Å². The molecule has 0 aromatic carbocycles. The number of esters is 1. The molecule has 0 aliphatic heterocycles. The molecule has 0 saturated carbocycles. The number of aliphatic hydroxyl groups excluding tert-OH is 2. The standard InChI is InChI=1S/C61H119NO5/c1-3-5-7-9-11-13-15-17-19-21-23-25-29-33-37-41-45-49-53-59(64)58(57-63)62-60(65)54-50-46-42-38-34-30-26-24-28-32-36-40-44-48-52-56-67-61(66)55-51-47-43-39-35-31-27-22-20-18-16-14-12-10-8-6-4-2/h49,53,58-59,63-64H,3-48,50-52,54-57H2,1-2H3,(H,62,65)/b53-49+. The fourth-order valence-corrected chi connectivity index (χ4v) is 9.64. The predicted octanol–water partition coefficient (Wildman–Crippen LogP) is 18.9. The van der Waals surface area contributed by atoms with Gasteiger partial charge in [0.2, 0.25) is 5.91 Å². The van der Waals surface area contributed by atoms with E-state index < -0.39 is 12.1 Å². The SMILES string of the molecule is CCCCCCCCCCCCCCCCCC/C=C/C(O)C(CO)NC(=O)CCCCCCCCCCCCCCCCCOC(=O)CCCCCCCCCCCCCCCCCCC. The Kier molecular flexibility index (Phi) is 56.0. The van der Waals surface area contributed by atoms with E-state index in [0.717, 1.165) is 44.9 Å². The second kappa shape index (κ2) is 57.2. The van der Waals surface area contributed by atoms with Crippen molar-refractivity contribution in [2.75, 3.05) is 13.2 Å². The zero-order chi connectivity index (χ0) is 48.6. The Morgan fingerprint density at radius 1 is 0.403 bits per heavy atom. The molecule has 0 aromatic heterocycles. The van der Waals surface area contributed by atoms with Gasteiger partial charge in [0.05, 0.1) is 25.4 Å². The number of allylic oxidation sites excluding steroid dienone is 1. The Labute approximate surface area is 419 Å². The summed E-state index contributed by atoms with van der Waals surface area (Å²) in [5.41, 5.74) is 0. The highest BCUT2D eigenvalue weighted by Crippen LogP contribution is 2.18. The third-order valence-electron chi connectivity index (χ3n) is 14.3. The van der Waals surface area contributed by atoms with Gasteiger partial charge in [-0.1, -0.05) is 309 Å². The van der Waals surface area contributed by atoms with E-state index in [9.17, 15) is 19.8 Å². The normalized spacial score (nSPS) is 12.6. The van der Waals surface area contributed by atoms with Gasteiger partial charge in [-0.25, -0.2) is 0 Å². The van der Waals surface area contributed by atoms with Gasteiger partial charge < -0.3 is 20.3 Å². The number of carbonyl (C=O) groups excluding carboxylic acids is 2. The summed E-state index contributed by atoms with van der Waals surface area (Å²) in [6.45, 7) is 4.92. The van der Waals surface area contributed by atoms with Crippen molar-refractivity contribution in [2.45, 2.75) is 353 Å². The summed E-state index contributed by atoms with van der Waals surface area (Å²) in [5, 5.41) is 23.2. The molecule has 6 heteroatoms. The van der Waals surface area contributed by atoms with Gasteiger partial charge >= 0.3 is 5.97 Å². The first kappa shape index (κ1) is 65.6. The van der Waals surface area contributed by atoms with Crippen molar-refractivity contribution in [1.29, 1.82) is 0 Å². The Balaban J connectivity index is 3.43. The molecule has 0 aliphatic rings. The van der Waals surface area contributed by atoms with E-state index in [1.54, 1.807) is 6.08 Å². The Hall–Kier alpha value is -1.40. The molecular formula is C61H119NO5. The number of hydrogen-bond donors (Lipinski definition) is 3. The van der Waals surface area contributed by atoms with Crippen molar-refractivity contribution >= 4 is 11.9 Å². The summed E-state index contributed by atoms with van der Waals surface area (Å²) in [7, 11) is 0. The van der Waals surface area contributed by atoms with Crippen LogP contribution in [0.25, 0.3) is 0 Å². The van der Waals surface area contributed by atoms with Crippen LogP contribution in [0.3, 0.4) is 0 Å². The maximum absolute atomic E-state index is 12.5. The van der Waals surface area contributed by atoms with E-state index in [1.807, 2.05) is 6.08 Å². The van der Waals surface area contributed by atoms with Crippen LogP contribution in [0.1, 0.15) is 341 Å².